The summed E-state index contributed by atoms with van der Waals surface area (Å²) in [4.78, 5) is 29.9. The molecule has 0 atom stereocenters. The van der Waals surface area contributed by atoms with Gasteiger partial charge in [0, 0.05) is 18.6 Å². The highest BCUT2D eigenvalue weighted by Crippen LogP contribution is 2.37. The van der Waals surface area contributed by atoms with E-state index in [1.807, 2.05) is 19.9 Å². The Morgan fingerprint density at radius 2 is 1.74 bits per heavy atom. The molecule has 35 heavy (non-hydrogen) atoms. The smallest absolute Gasteiger partial charge is 0.350 e. The number of nitrogens with one attached hydrogen (secondary N) is 2. The maximum absolute atomic E-state index is 13.1. The maximum Gasteiger partial charge on any atom is 0.350 e. The lowest BCUT2D eigenvalue weighted by Gasteiger charge is -2.21. The monoisotopic (exact) mass is 509 g/mol. The quantitative estimate of drug-likeness (QED) is 0.346. The van der Waals surface area contributed by atoms with Gasteiger partial charge >= 0.3 is 5.97 Å². The molecule has 2 heterocycles. The number of nitrogens with zero attached hydrogens (tertiary/aromatic N) is 1. The van der Waals surface area contributed by atoms with Crippen molar-refractivity contribution in [2.24, 2.45) is 0 Å². The highest BCUT2D eigenvalue weighted by Gasteiger charge is 2.26. The van der Waals surface area contributed by atoms with Crippen LogP contribution in [-0.2, 0) is 14.8 Å². The van der Waals surface area contributed by atoms with Crippen LogP contribution >= 0.6 is 11.3 Å². The first-order valence-corrected chi connectivity index (χ1v) is 13.0. The summed E-state index contributed by atoms with van der Waals surface area (Å²) in [5.74, 6) is -1.02. The second-order valence-electron chi connectivity index (χ2n) is 7.75. The average Bonchev–Trinajstić information content (AvgIpc) is 3.18. The zero-order valence-corrected chi connectivity index (χ0v) is 20.9. The summed E-state index contributed by atoms with van der Waals surface area (Å²) in [6.07, 6.45) is 0. The number of pyridine rings is 1. The van der Waals surface area contributed by atoms with Gasteiger partial charge in [0.05, 0.1) is 22.6 Å². The van der Waals surface area contributed by atoms with Gasteiger partial charge in [0.1, 0.15) is 14.9 Å². The number of thiophene rings is 1. The molecule has 180 valence electrons. The Labute approximate surface area is 207 Å². The van der Waals surface area contributed by atoms with E-state index in [9.17, 15) is 18.0 Å². The van der Waals surface area contributed by atoms with Crippen LogP contribution in [-0.4, -0.2) is 26.9 Å². The summed E-state index contributed by atoms with van der Waals surface area (Å²) < 4.78 is 34.2. The van der Waals surface area contributed by atoms with E-state index in [0.29, 0.717) is 11.4 Å². The molecule has 4 aromatic rings. The third-order valence-electron chi connectivity index (χ3n) is 5.14. The first kappa shape index (κ1) is 24.4. The molecule has 0 saturated carbocycles. The van der Waals surface area contributed by atoms with E-state index in [2.05, 4.69) is 15.0 Å². The second-order valence-corrected chi connectivity index (χ2v) is 10.4. The lowest BCUT2D eigenvalue weighted by Crippen LogP contribution is -2.15. The van der Waals surface area contributed by atoms with Crippen LogP contribution in [0.2, 0.25) is 0 Å². The lowest BCUT2D eigenvalue weighted by atomic mass is 10.1. The number of carbonyl (C=O) groups excluding carboxylic acids is 2. The van der Waals surface area contributed by atoms with E-state index in [4.69, 9.17) is 4.74 Å². The Morgan fingerprint density at radius 1 is 1.06 bits per heavy atom. The summed E-state index contributed by atoms with van der Waals surface area (Å²) in [6.45, 7) is 5.72. The third kappa shape index (κ3) is 5.18. The number of rotatable bonds is 7. The zero-order chi connectivity index (χ0) is 25.2. The highest BCUT2D eigenvalue weighted by molar-refractivity contribution is 7.94. The van der Waals surface area contributed by atoms with Crippen molar-refractivity contribution in [3.8, 4) is 0 Å². The fourth-order valence-corrected chi connectivity index (χ4v) is 5.77. The summed E-state index contributed by atoms with van der Waals surface area (Å²) in [5.41, 5.74) is 2.71. The zero-order valence-electron chi connectivity index (χ0n) is 19.3. The van der Waals surface area contributed by atoms with Crippen molar-refractivity contribution in [3.05, 3.63) is 87.1 Å². The van der Waals surface area contributed by atoms with Crippen LogP contribution < -0.4 is 10.3 Å². The number of ether oxygens (including phenoxy) is 1. The number of fused-ring (bicyclic) bond motifs is 1. The number of amides is 1. The Balaban J connectivity index is 1.63. The van der Waals surface area contributed by atoms with Crippen molar-refractivity contribution in [3.63, 3.8) is 0 Å². The molecule has 10 heteroatoms. The standard InChI is InChI=1S/C25H22N3O5S2/c1-4-33-25(30)22-21(20-15(2)14-16(3)26-24(20)34-22)27-23(29)17-10-12-19(13-11-17)35(31,32)28-18-8-6-5-7-9-18/h5-14H,4H2,1-3H3,(H,27,29,30)/q-1/p+1. The molecule has 2 aromatic heterocycles. The van der Waals surface area contributed by atoms with Crippen molar-refractivity contribution < 1.29 is 27.7 Å². The number of aryl methyl sites for hydroxylation is 2. The number of anilines is 1. The molecule has 2 aromatic carbocycles. The number of hydrogen-bond acceptors (Lipinski definition) is 6. The highest BCUT2D eigenvalue weighted by atomic mass is 32.2. The minimum atomic E-state index is -3.94. The van der Waals surface area contributed by atoms with Gasteiger partial charge in [-0.05, 0) is 43.7 Å². The molecule has 0 aliphatic heterocycles. The first-order chi connectivity index (χ1) is 16.7. The maximum atomic E-state index is 13.1. The summed E-state index contributed by atoms with van der Waals surface area (Å²) in [7, 11) is -3.94. The van der Waals surface area contributed by atoms with Gasteiger partial charge in [0.2, 0.25) is 0 Å². The number of carbonyl (C=O) groups is 2. The molecular weight excluding hydrogens is 486 g/mol. The summed E-state index contributed by atoms with van der Waals surface area (Å²) >= 11 is 1.21. The summed E-state index contributed by atoms with van der Waals surface area (Å²) in [6, 6.07) is 15.7. The van der Waals surface area contributed by atoms with Gasteiger partial charge in [0.25, 0.3) is 10.7 Å². The van der Waals surface area contributed by atoms with Crippen molar-refractivity contribution in [1.29, 1.82) is 0 Å². The van der Waals surface area contributed by atoms with Crippen molar-refractivity contribution >= 4 is 54.8 Å². The minimum absolute atomic E-state index is 0.0352. The van der Waals surface area contributed by atoms with E-state index in [-0.39, 0.29) is 21.9 Å². The van der Waals surface area contributed by atoms with Gasteiger partial charge in [-0.25, -0.2) is 13.2 Å². The van der Waals surface area contributed by atoms with E-state index in [1.165, 1.54) is 35.6 Å². The molecule has 0 fully saturated rings. The van der Waals surface area contributed by atoms with Gasteiger partial charge in [0.15, 0.2) is 5.69 Å². The Kier molecular flexibility index (Phi) is 6.86. The molecule has 0 spiro atoms. The number of aromatic amines is 1. The number of aromatic nitrogens is 1. The molecule has 0 aliphatic carbocycles. The number of esters is 1. The lowest BCUT2D eigenvalue weighted by molar-refractivity contribution is -0.351. The van der Waals surface area contributed by atoms with Crippen molar-refractivity contribution in [2.45, 2.75) is 25.7 Å². The predicted molar refractivity (Wildman–Crippen MR) is 135 cm³/mol. The summed E-state index contributed by atoms with van der Waals surface area (Å²) in [5, 5.41) is 3.55. The number of benzene rings is 2. The molecular formula is C25H23N3O5S2. The van der Waals surface area contributed by atoms with Gasteiger partial charge in [-0.1, -0.05) is 41.7 Å². The van der Waals surface area contributed by atoms with Crippen LogP contribution in [0.3, 0.4) is 0 Å². The molecule has 1 amide bonds. The van der Waals surface area contributed by atoms with E-state index in [0.717, 1.165) is 21.5 Å². The molecule has 2 N–H and O–H groups in total. The average molecular weight is 510 g/mol. The Hall–Kier alpha value is -3.76. The molecule has 0 saturated heterocycles. The molecule has 0 unspecified atom stereocenters. The van der Waals surface area contributed by atoms with Crippen molar-refractivity contribution in [2.75, 3.05) is 11.9 Å². The predicted octanol–water partition coefficient (Wildman–Crippen LogP) is 5.16. The number of sulfonamides is 1. The van der Waals surface area contributed by atoms with Crippen LogP contribution in [0.5, 0.6) is 0 Å². The molecule has 0 aliphatic rings. The topological polar surface area (TPSA) is 118 Å². The third-order valence-corrected chi connectivity index (χ3v) is 7.55. The van der Waals surface area contributed by atoms with Crippen molar-refractivity contribution in [1.82, 2.24) is 0 Å². The molecule has 4 rings (SSSR count). The van der Waals surface area contributed by atoms with Gasteiger partial charge in [-0.2, -0.15) is 4.98 Å². The van der Waals surface area contributed by atoms with E-state index < -0.39 is 21.9 Å². The molecule has 0 radical (unpaired) electrons. The Bertz CT molecular complexity index is 1510. The second kappa shape index (κ2) is 9.85. The fraction of sp³-hybridized carbons (Fsp3) is 0.160. The Morgan fingerprint density at radius 3 is 2.40 bits per heavy atom. The van der Waals surface area contributed by atoms with Crippen LogP contribution in [0.1, 0.15) is 38.2 Å². The van der Waals surface area contributed by atoms with E-state index in [1.54, 1.807) is 37.3 Å². The fourth-order valence-electron chi connectivity index (χ4n) is 3.61. The normalized spacial score (nSPS) is 11.3. The number of H-pyrrole nitrogens is 1. The molecule has 0 bridgehead atoms. The largest absolute Gasteiger partial charge is 0.573 e. The van der Waals surface area contributed by atoms with Crippen LogP contribution in [0.15, 0.2) is 65.6 Å². The van der Waals surface area contributed by atoms with Gasteiger partial charge in [-0.15, -0.1) is 5.69 Å². The van der Waals surface area contributed by atoms with Crippen LogP contribution in [0.25, 0.3) is 14.9 Å². The van der Waals surface area contributed by atoms with Crippen LogP contribution in [0, 0.1) is 13.8 Å². The first-order valence-electron chi connectivity index (χ1n) is 10.8. The van der Waals surface area contributed by atoms with Gasteiger partial charge < -0.3 is 14.8 Å². The van der Waals surface area contributed by atoms with Gasteiger partial charge in [-0.3, -0.25) is 4.79 Å². The number of hydrogen-bond donors (Lipinski definition) is 1. The van der Waals surface area contributed by atoms with E-state index >= 15 is 0 Å². The van der Waals surface area contributed by atoms with Crippen LogP contribution in [0.4, 0.5) is 11.4 Å². The SMILES string of the molecule is CCOC(=O)c1sc2[nH+]c(C)cc(C)c2c1NC(=O)c1ccc(S(=O)(=O)[N-]c2ccccc2)cc1. The molecule has 8 nitrogen and oxygen atoms in total. The minimum Gasteiger partial charge on any atom is -0.573 e.